The summed E-state index contributed by atoms with van der Waals surface area (Å²) >= 11 is 0. The van der Waals surface area contributed by atoms with Crippen LogP contribution in [0, 0.1) is 11.3 Å². The molecule has 0 radical (unpaired) electrons. The van der Waals surface area contributed by atoms with Crippen molar-refractivity contribution in [2.24, 2.45) is 11.3 Å². The standard InChI is InChI=1S/C13H25NO3/c1-10(15)6-13(2,3)9-14-12(16)8-17-7-11-4-5-11/h10-11,15H,4-9H2,1-3H3,(H,14,16). The highest BCUT2D eigenvalue weighted by molar-refractivity contribution is 5.77. The van der Waals surface area contributed by atoms with E-state index in [0.29, 0.717) is 25.5 Å². The van der Waals surface area contributed by atoms with Crippen LogP contribution in [-0.4, -0.2) is 36.9 Å². The minimum Gasteiger partial charge on any atom is -0.393 e. The van der Waals surface area contributed by atoms with Gasteiger partial charge < -0.3 is 15.2 Å². The molecular weight excluding hydrogens is 218 g/mol. The number of aliphatic hydroxyl groups excluding tert-OH is 1. The van der Waals surface area contributed by atoms with Gasteiger partial charge in [0.15, 0.2) is 0 Å². The minimum atomic E-state index is -0.340. The van der Waals surface area contributed by atoms with Crippen molar-refractivity contribution in [1.82, 2.24) is 5.32 Å². The van der Waals surface area contributed by atoms with Crippen molar-refractivity contribution in [3.8, 4) is 0 Å². The SMILES string of the molecule is CC(O)CC(C)(C)CNC(=O)COCC1CC1. The van der Waals surface area contributed by atoms with Gasteiger partial charge in [-0.05, 0) is 37.5 Å². The van der Waals surface area contributed by atoms with Crippen LogP contribution in [0.5, 0.6) is 0 Å². The van der Waals surface area contributed by atoms with Crippen molar-refractivity contribution < 1.29 is 14.6 Å². The number of rotatable bonds is 8. The van der Waals surface area contributed by atoms with E-state index >= 15 is 0 Å². The van der Waals surface area contributed by atoms with Crippen molar-refractivity contribution >= 4 is 5.91 Å². The monoisotopic (exact) mass is 243 g/mol. The molecule has 0 aromatic rings. The zero-order chi connectivity index (χ0) is 12.9. The van der Waals surface area contributed by atoms with Crippen molar-refractivity contribution in [2.45, 2.75) is 46.1 Å². The van der Waals surface area contributed by atoms with Crippen LogP contribution in [0.25, 0.3) is 0 Å². The maximum atomic E-state index is 11.5. The van der Waals surface area contributed by atoms with Crippen LogP contribution < -0.4 is 5.32 Å². The third kappa shape index (κ3) is 7.34. The summed E-state index contributed by atoms with van der Waals surface area (Å²) in [6.07, 6.45) is 2.82. The number of aliphatic hydroxyl groups is 1. The molecule has 0 aromatic heterocycles. The van der Waals surface area contributed by atoms with Crippen molar-refractivity contribution in [3.63, 3.8) is 0 Å². The number of carbonyl (C=O) groups excluding carboxylic acids is 1. The predicted molar refractivity (Wildman–Crippen MR) is 66.6 cm³/mol. The zero-order valence-corrected chi connectivity index (χ0v) is 11.2. The van der Waals surface area contributed by atoms with Crippen LogP contribution in [0.15, 0.2) is 0 Å². The van der Waals surface area contributed by atoms with Crippen molar-refractivity contribution in [1.29, 1.82) is 0 Å². The molecule has 0 heterocycles. The van der Waals surface area contributed by atoms with Gasteiger partial charge in [-0.15, -0.1) is 0 Å². The average Bonchev–Trinajstić information content (AvgIpc) is 2.97. The molecule has 1 fully saturated rings. The number of carbonyl (C=O) groups is 1. The third-order valence-electron chi connectivity index (χ3n) is 2.90. The van der Waals surface area contributed by atoms with E-state index < -0.39 is 0 Å². The third-order valence-corrected chi connectivity index (χ3v) is 2.90. The lowest BCUT2D eigenvalue weighted by molar-refractivity contribution is -0.126. The van der Waals surface area contributed by atoms with Gasteiger partial charge in [0.05, 0.1) is 12.7 Å². The molecule has 1 saturated carbocycles. The second kappa shape index (κ2) is 6.36. The Labute approximate surface area is 104 Å². The molecule has 0 bridgehead atoms. The Hall–Kier alpha value is -0.610. The molecule has 4 nitrogen and oxygen atoms in total. The zero-order valence-electron chi connectivity index (χ0n) is 11.2. The van der Waals surface area contributed by atoms with Crippen molar-refractivity contribution in [2.75, 3.05) is 19.8 Å². The van der Waals surface area contributed by atoms with Crippen LogP contribution in [0.3, 0.4) is 0 Å². The Morgan fingerprint density at radius 3 is 2.71 bits per heavy atom. The van der Waals surface area contributed by atoms with E-state index in [1.54, 1.807) is 6.92 Å². The summed E-state index contributed by atoms with van der Waals surface area (Å²) in [4.78, 5) is 11.5. The van der Waals surface area contributed by atoms with Gasteiger partial charge in [-0.2, -0.15) is 0 Å². The summed E-state index contributed by atoms with van der Waals surface area (Å²) in [5.41, 5.74) is -0.0830. The molecular formula is C13H25NO3. The highest BCUT2D eigenvalue weighted by Crippen LogP contribution is 2.28. The minimum absolute atomic E-state index is 0.0654. The van der Waals surface area contributed by atoms with Crippen LogP contribution in [-0.2, 0) is 9.53 Å². The Bertz CT molecular complexity index is 247. The molecule has 1 aliphatic carbocycles. The lowest BCUT2D eigenvalue weighted by Crippen LogP contribution is -2.37. The first kappa shape index (κ1) is 14.5. The summed E-state index contributed by atoms with van der Waals surface area (Å²) in [7, 11) is 0. The predicted octanol–water partition coefficient (Wildman–Crippen LogP) is 1.33. The molecule has 0 aromatic carbocycles. The summed E-state index contributed by atoms with van der Waals surface area (Å²) < 4.78 is 5.30. The van der Waals surface area contributed by atoms with Gasteiger partial charge in [0.2, 0.25) is 5.91 Å². The number of amides is 1. The van der Waals surface area contributed by atoms with Gasteiger partial charge >= 0.3 is 0 Å². The summed E-state index contributed by atoms with van der Waals surface area (Å²) in [5, 5.41) is 12.2. The number of hydrogen-bond acceptors (Lipinski definition) is 3. The smallest absolute Gasteiger partial charge is 0.246 e. The van der Waals surface area contributed by atoms with Gasteiger partial charge in [0.25, 0.3) is 0 Å². The van der Waals surface area contributed by atoms with E-state index in [1.807, 2.05) is 13.8 Å². The van der Waals surface area contributed by atoms with Crippen LogP contribution >= 0.6 is 0 Å². The molecule has 17 heavy (non-hydrogen) atoms. The van der Waals surface area contributed by atoms with E-state index in [4.69, 9.17) is 4.74 Å². The number of nitrogens with one attached hydrogen (secondary N) is 1. The summed E-state index contributed by atoms with van der Waals surface area (Å²) in [6, 6.07) is 0. The molecule has 100 valence electrons. The second-order valence-corrected chi connectivity index (χ2v) is 5.95. The lowest BCUT2D eigenvalue weighted by Gasteiger charge is -2.26. The molecule has 1 amide bonds. The maximum Gasteiger partial charge on any atom is 0.246 e. The molecule has 0 saturated heterocycles. The first-order valence-electron chi connectivity index (χ1n) is 6.41. The normalized spacial score (nSPS) is 17.9. The quantitative estimate of drug-likeness (QED) is 0.676. The lowest BCUT2D eigenvalue weighted by atomic mass is 9.87. The Morgan fingerprint density at radius 1 is 1.53 bits per heavy atom. The summed E-state index contributed by atoms with van der Waals surface area (Å²) in [6.45, 7) is 7.27. The topological polar surface area (TPSA) is 58.6 Å². The highest BCUT2D eigenvalue weighted by Gasteiger charge is 2.23. The van der Waals surface area contributed by atoms with Crippen LogP contribution in [0.1, 0.15) is 40.0 Å². The Balaban J connectivity index is 2.08. The maximum absolute atomic E-state index is 11.5. The van der Waals surface area contributed by atoms with E-state index in [2.05, 4.69) is 5.32 Å². The molecule has 2 N–H and O–H groups in total. The van der Waals surface area contributed by atoms with Gasteiger partial charge in [0.1, 0.15) is 6.61 Å². The second-order valence-electron chi connectivity index (χ2n) is 5.95. The van der Waals surface area contributed by atoms with E-state index in [0.717, 1.165) is 0 Å². The number of hydrogen-bond donors (Lipinski definition) is 2. The van der Waals surface area contributed by atoms with E-state index in [1.165, 1.54) is 12.8 Å². The number of ether oxygens (including phenoxy) is 1. The van der Waals surface area contributed by atoms with Gasteiger partial charge in [0, 0.05) is 6.54 Å². The Kier molecular flexibility index (Phi) is 5.40. The highest BCUT2D eigenvalue weighted by atomic mass is 16.5. The molecule has 0 spiro atoms. The van der Waals surface area contributed by atoms with Crippen LogP contribution in [0.2, 0.25) is 0 Å². The average molecular weight is 243 g/mol. The molecule has 0 aliphatic heterocycles. The first-order chi connectivity index (χ1) is 7.89. The van der Waals surface area contributed by atoms with Gasteiger partial charge in [-0.1, -0.05) is 13.8 Å². The first-order valence-corrected chi connectivity index (χ1v) is 6.41. The van der Waals surface area contributed by atoms with Gasteiger partial charge in [-0.25, -0.2) is 0 Å². The molecule has 4 heteroatoms. The summed E-state index contributed by atoms with van der Waals surface area (Å²) in [5.74, 6) is 0.624. The van der Waals surface area contributed by atoms with Gasteiger partial charge in [-0.3, -0.25) is 4.79 Å². The fourth-order valence-electron chi connectivity index (χ4n) is 1.86. The molecule has 1 unspecified atom stereocenters. The Morgan fingerprint density at radius 2 is 2.18 bits per heavy atom. The fraction of sp³-hybridized carbons (Fsp3) is 0.923. The molecule has 1 rings (SSSR count). The van der Waals surface area contributed by atoms with E-state index in [9.17, 15) is 9.90 Å². The van der Waals surface area contributed by atoms with Crippen LogP contribution in [0.4, 0.5) is 0 Å². The van der Waals surface area contributed by atoms with Crippen molar-refractivity contribution in [3.05, 3.63) is 0 Å². The largest absolute Gasteiger partial charge is 0.393 e. The molecule has 1 atom stereocenters. The molecule has 1 aliphatic rings. The van der Waals surface area contributed by atoms with E-state index in [-0.39, 0.29) is 24.0 Å². The fourth-order valence-corrected chi connectivity index (χ4v) is 1.86.